The van der Waals surface area contributed by atoms with Gasteiger partial charge >= 0.3 is 5.97 Å². The lowest BCUT2D eigenvalue weighted by atomic mass is 9.83. The van der Waals surface area contributed by atoms with E-state index in [2.05, 4.69) is 16.0 Å². The van der Waals surface area contributed by atoms with Crippen molar-refractivity contribution in [2.75, 3.05) is 39.3 Å². The van der Waals surface area contributed by atoms with Gasteiger partial charge in [0.15, 0.2) is 11.6 Å². The molecule has 2 atom stereocenters. The molecule has 0 spiro atoms. The summed E-state index contributed by atoms with van der Waals surface area (Å²) in [7, 11) is 0. The molecule has 0 radical (unpaired) electrons. The largest absolute Gasteiger partial charge is 0.858 e. The number of carbonyl (C=O) groups is 1. The summed E-state index contributed by atoms with van der Waals surface area (Å²) >= 11 is 1.63. The topological polar surface area (TPSA) is 65.0 Å². The molecule has 6 nitrogen and oxygen atoms in total. The van der Waals surface area contributed by atoms with Gasteiger partial charge in [-0.05, 0) is 56.4 Å². The van der Waals surface area contributed by atoms with Gasteiger partial charge in [0.25, 0.3) is 0 Å². The van der Waals surface area contributed by atoms with Gasteiger partial charge in [-0.25, -0.2) is 4.79 Å². The molecular formula is C27H35N3O3S. The molecule has 182 valence electrons. The molecule has 7 heteroatoms. The molecule has 1 unspecified atom stereocenters. The van der Waals surface area contributed by atoms with E-state index in [1.807, 2.05) is 48.7 Å². The van der Waals surface area contributed by atoms with Crippen LogP contribution in [0.3, 0.4) is 0 Å². The van der Waals surface area contributed by atoms with Gasteiger partial charge in [-0.15, -0.1) is 11.3 Å². The number of hydrogen-bond acceptors (Lipinski definition) is 6. The Bertz CT molecular complexity index is 995. The van der Waals surface area contributed by atoms with Crippen molar-refractivity contribution in [2.24, 2.45) is 10.9 Å². The number of benzene rings is 1. The van der Waals surface area contributed by atoms with Crippen LogP contribution in [-0.2, 0) is 15.1 Å². The number of para-hydroxylation sites is 1. The summed E-state index contributed by atoms with van der Waals surface area (Å²) in [6.45, 7) is 6.91. The molecule has 2 aromatic rings. The third-order valence-corrected chi connectivity index (χ3v) is 9.25. The third kappa shape index (κ3) is 4.66. The average molecular weight is 482 g/mol. The number of rotatable bonds is 7. The molecule has 0 aliphatic carbocycles. The Balaban J connectivity index is 1.32. The van der Waals surface area contributed by atoms with Gasteiger partial charge in [-0.2, -0.15) is 0 Å². The number of fused-ring (bicyclic) bond motifs is 3. The maximum absolute atomic E-state index is 13.8. The van der Waals surface area contributed by atoms with Crippen LogP contribution >= 0.6 is 11.3 Å². The Kier molecular flexibility index (Phi) is 6.78. The minimum Gasteiger partial charge on any atom is -0.858 e. The van der Waals surface area contributed by atoms with Gasteiger partial charge in [0.2, 0.25) is 0 Å². The van der Waals surface area contributed by atoms with E-state index >= 15 is 0 Å². The van der Waals surface area contributed by atoms with E-state index in [9.17, 15) is 9.90 Å². The summed E-state index contributed by atoms with van der Waals surface area (Å²) in [6, 6.07) is 13.5. The lowest BCUT2D eigenvalue weighted by Crippen LogP contribution is -2.67. The van der Waals surface area contributed by atoms with E-state index in [4.69, 9.17) is 4.74 Å². The molecular weight excluding hydrogens is 446 g/mol. The monoisotopic (exact) mass is 481 g/mol. The number of quaternary nitrogens is 1. The Morgan fingerprint density at radius 2 is 1.88 bits per heavy atom. The van der Waals surface area contributed by atoms with E-state index < -0.39 is 5.54 Å². The second-order valence-electron chi connectivity index (χ2n) is 10.3. The number of likely N-dealkylation sites (tertiary alicyclic amines) is 1. The van der Waals surface area contributed by atoms with Crippen molar-refractivity contribution in [3.05, 3.63) is 52.7 Å². The van der Waals surface area contributed by atoms with Crippen LogP contribution in [0.1, 0.15) is 43.9 Å². The zero-order valence-corrected chi connectivity index (χ0v) is 20.8. The molecule has 2 bridgehead atoms. The molecule has 0 saturated carbocycles. The lowest BCUT2D eigenvalue weighted by Gasteiger charge is -2.53. The van der Waals surface area contributed by atoms with Crippen LogP contribution in [0, 0.1) is 5.92 Å². The van der Waals surface area contributed by atoms with Crippen molar-refractivity contribution in [3.8, 4) is 0 Å². The van der Waals surface area contributed by atoms with Gasteiger partial charge in [0.1, 0.15) is 13.1 Å². The predicted octanol–water partition coefficient (Wildman–Crippen LogP) is 3.69. The molecule has 4 saturated heterocycles. The average Bonchev–Trinajstić information content (AvgIpc) is 3.40. The number of hydrogen-bond donors (Lipinski definition) is 0. The highest BCUT2D eigenvalue weighted by atomic mass is 32.1. The van der Waals surface area contributed by atoms with Crippen LogP contribution < -0.4 is 5.11 Å². The first-order valence-corrected chi connectivity index (χ1v) is 13.5. The Morgan fingerprint density at radius 3 is 2.56 bits per heavy atom. The number of ether oxygens (including phenoxy) is 1. The number of nitrogens with zero attached hydrogens (tertiary/aromatic N) is 3. The summed E-state index contributed by atoms with van der Waals surface area (Å²) < 4.78 is 7.04. The standard InChI is InChI=1S/C27H35N3O3S/c1-27(24-11-8-18-34-24,29-14-6-3-7-15-29)26(32)33-23-19-30(16-12-21(23)13-17-30)20-25(31)28-22-9-4-2-5-10-22/h2,4-5,8-11,18,21,23H,3,6-7,12-17,19-20H2,1H3/t21?,23-,27?,30?/m1/s1. The van der Waals surface area contributed by atoms with Crippen LogP contribution in [0.5, 0.6) is 0 Å². The van der Waals surface area contributed by atoms with Crippen LogP contribution in [-0.4, -0.2) is 66.6 Å². The SMILES string of the molecule is CC(C(=O)O[C@@H]1C[N+]2(CC([O-])=Nc3ccccc3)CCC1CC2)(c1cccs1)N1CCCCC1. The molecule has 0 N–H and O–H groups in total. The summed E-state index contributed by atoms with van der Waals surface area (Å²) in [6.07, 6.45) is 5.31. The minimum absolute atomic E-state index is 0.0895. The first-order valence-electron chi connectivity index (χ1n) is 12.6. The van der Waals surface area contributed by atoms with Crippen molar-refractivity contribution in [3.63, 3.8) is 0 Å². The van der Waals surface area contributed by atoms with Crippen LogP contribution in [0.4, 0.5) is 5.69 Å². The van der Waals surface area contributed by atoms with Gasteiger partial charge in [-0.3, -0.25) is 9.89 Å². The van der Waals surface area contributed by atoms with E-state index in [1.54, 1.807) is 11.3 Å². The third-order valence-electron chi connectivity index (χ3n) is 8.17. The molecule has 6 rings (SSSR count). The molecule has 4 fully saturated rings. The summed E-state index contributed by atoms with van der Waals surface area (Å²) in [5.41, 5.74) is -0.0435. The van der Waals surface area contributed by atoms with Crippen LogP contribution in [0.2, 0.25) is 0 Å². The van der Waals surface area contributed by atoms with Crippen molar-refractivity contribution in [1.29, 1.82) is 0 Å². The second-order valence-corrected chi connectivity index (χ2v) is 11.3. The number of esters is 1. The Hall–Kier alpha value is -2.22. The quantitative estimate of drug-likeness (QED) is 0.262. The zero-order chi connectivity index (χ0) is 23.6. The Labute approximate surface area is 206 Å². The maximum Gasteiger partial charge on any atom is 0.332 e. The number of piperidine rings is 4. The summed E-state index contributed by atoms with van der Waals surface area (Å²) in [5.74, 6) is 0.168. The highest BCUT2D eigenvalue weighted by molar-refractivity contribution is 7.10. The van der Waals surface area contributed by atoms with Crippen LogP contribution in [0.25, 0.3) is 0 Å². The first-order chi connectivity index (χ1) is 16.5. The Morgan fingerprint density at radius 1 is 1.15 bits per heavy atom. The van der Waals surface area contributed by atoms with Gasteiger partial charge in [0, 0.05) is 29.5 Å². The second kappa shape index (κ2) is 9.80. The molecule has 5 heterocycles. The molecule has 4 aliphatic heterocycles. The number of aliphatic imine (C=N–C) groups is 1. The molecule has 1 aromatic heterocycles. The van der Waals surface area contributed by atoms with Crippen molar-refractivity contribution in [1.82, 2.24) is 4.90 Å². The van der Waals surface area contributed by atoms with E-state index in [-0.39, 0.29) is 18.0 Å². The lowest BCUT2D eigenvalue weighted by molar-refractivity contribution is -0.939. The fourth-order valence-corrected chi connectivity index (χ4v) is 6.98. The predicted molar refractivity (Wildman–Crippen MR) is 133 cm³/mol. The minimum atomic E-state index is -0.746. The normalized spacial score (nSPS) is 29.5. The smallest absolute Gasteiger partial charge is 0.332 e. The summed E-state index contributed by atoms with van der Waals surface area (Å²) in [5, 5.41) is 14.9. The summed E-state index contributed by atoms with van der Waals surface area (Å²) in [4.78, 5) is 21.5. The molecule has 0 amide bonds. The van der Waals surface area contributed by atoms with Gasteiger partial charge in [0.05, 0.1) is 18.8 Å². The fraction of sp³-hybridized carbons (Fsp3) is 0.556. The maximum atomic E-state index is 13.8. The fourth-order valence-electron chi connectivity index (χ4n) is 6.08. The first kappa shape index (κ1) is 23.5. The van der Waals surface area contributed by atoms with Crippen molar-refractivity contribution < 1.29 is 19.1 Å². The molecule has 1 aromatic carbocycles. The highest BCUT2D eigenvalue weighted by Crippen LogP contribution is 2.39. The van der Waals surface area contributed by atoms with Crippen molar-refractivity contribution >= 4 is 28.9 Å². The van der Waals surface area contributed by atoms with Gasteiger partial charge in [-0.1, -0.05) is 30.7 Å². The van der Waals surface area contributed by atoms with Crippen LogP contribution in [0.15, 0.2) is 52.8 Å². The number of carbonyl (C=O) groups excluding carboxylic acids is 1. The van der Waals surface area contributed by atoms with E-state index in [1.165, 1.54) is 6.42 Å². The number of thiophene rings is 1. The zero-order valence-electron chi connectivity index (χ0n) is 20.0. The van der Waals surface area contributed by atoms with E-state index in [0.717, 1.165) is 56.7 Å². The molecule has 4 aliphatic rings. The molecule has 34 heavy (non-hydrogen) atoms. The van der Waals surface area contributed by atoms with Gasteiger partial charge < -0.3 is 14.3 Å². The van der Waals surface area contributed by atoms with E-state index in [0.29, 0.717) is 29.2 Å². The van der Waals surface area contributed by atoms with Crippen molar-refractivity contribution in [2.45, 2.75) is 50.7 Å². The highest BCUT2D eigenvalue weighted by Gasteiger charge is 2.51.